The number of amides is 1. The molecule has 7 aromatic rings. The van der Waals surface area contributed by atoms with Gasteiger partial charge in [-0.05, 0) is 64.2 Å². The van der Waals surface area contributed by atoms with Crippen molar-refractivity contribution in [2.24, 2.45) is 5.92 Å². The Bertz CT molecular complexity index is 2570. The molecule has 1 fully saturated rings. The van der Waals surface area contributed by atoms with Gasteiger partial charge < -0.3 is 29.4 Å². The molecule has 0 radical (unpaired) electrons. The van der Waals surface area contributed by atoms with Crippen molar-refractivity contribution in [3.8, 4) is 22.6 Å². The molecule has 60 heavy (non-hydrogen) atoms. The van der Waals surface area contributed by atoms with Crippen LogP contribution in [0.1, 0.15) is 43.2 Å². The highest BCUT2D eigenvalue weighted by molar-refractivity contribution is 5.91. The number of hydrogen-bond acceptors (Lipinski definition) is 10. The summed E-state index contributed by atoms with van der Waals surface area (Å²) in [6.07, 6.45) is -2.55. The van der Waals surface area contributed by atoms with Crippen LogP contribution in [0.15, 0.2) is 138 Å². The number of anilines is 3. The van der Waals surface area contributed by atoms with Gasteiger partial charge in [-0.2, -0.15) is 4.98 Å². The Hall–Kier alpha value is -6.80. The van der Waals surface area contributed by atoms with Crippen LogP contribution in [0.25, 0.3) is 22.3 Å². The number of ether oxygens (including phenoxy) is 4. The number of fused-ring (bicyclic) bond motifs is 1. The van der Waals surface area contributed by atoms with Gasteiger partial charge in [0.15, 0.2) is 11.2 Å². The van der Waals surface area contributed by atoms with Crippen molar-refractivity contribution >= 4 is 34.7 Å². The van der Waals surface area contributed by atoms with Crippen LogP contribution in [0.5, 0.6) is 11.5 Å². The van der Waals surface area contributed by atoms with Crippen LogP contribution < -0.4 is 25.7 Å². The Morgan fingerprint density at radius 1 is 0.817 bits per heavy atom. The van der Waals surface area contributed by atoms with Gasteiger partial charge in [-0.25, -0.2) is 4.98 Å². The number of hydrogen-bond donors (Lipinski definition) is 4. The zero-order chi connectivity index (χ0) is 41.8. The first kappa shape index (κ1) is 40.0. The minimum Gasteiger partial charge on any atom is -0.497 e. The summed E-state index contributed by atoms with van der Waals surface area (Å²) >= 11 is 0. The molecule has 2 aromatic heterocycles. The lowest BCUT2D eigenvalue weighted by atomic mass is 9.80. The minimum absolute atomic E-state index is 0.0286. The molecule has 8 rings (SSSR count). The van der Waals surface area contributed by atoms with Crippen molar-refractivity contribution in [3.05, 3.63) is 161 Å². The summed E-state index contributed by atoms with van der Waals surface area (Å²) in [6, 6.07) is 43.1. The number of aromatic amines is 1. The van der Waals surface area contributed by atoms with Gasteiger partial charge in [-0.1, -0.05) is 111 Å². The van der Waals surface area contributed by atoms with Gasteiger partial charge in [0, 0.05) is 18.0 Å². The van der Waals surface area contributed by atoms with Crippen molar-refractivity contribution in [1.82, 2.24) is 19.5 Å². The fourth-order valence-electron chi connectivity index (χ4n) is 7.48. The third-order valence-electron chi connectivity index (χ3n) is 10.7. The van der Waals surface area contributed by atoms with Crippen LogP contribution in [0.4, 0.5) is 17.6 Å². The second kappa shape index (κ2) is 17.2. The van der Waals surface area contributed by atoms with E-state index in [9.17, 15) is 14.7 Å². The number of nitrogens with one attached hydrogen (secondary N) is 3. The first-order chi connectivity index (χ1) is 29.2. The van der Waals surface area contributed by atoms with E-state index in [1.54, 1.807) is 32.6 Å². The van der Waals surface area contributed by atoms with E-state index in [4.69, 9.17) is 23.9 Å². The number of rotatable bonds is 14. The zero-order valence-corrected chi connectivity index (χ0v) is 33.7. The van der Waals surface area contributed by atoms with E-state index in [1.165, 1.54) is 0 Å². The normalized spacial score (nSPS) is 16.5. The highest BCUT2D eigenvalue weighted by Crippen LogP contribution is 2.43. The molecule has 0 aliphatic carbocycles. The second-order valence-corrected chi connectivity index (χ2v) is 14.9. The van der Waals surface area contributed by atoms with Crippen molar-refractivity contribution < 1.29 is 28.8 Å². The largest absolute Gasteiger partial charge is 0.497 e. The summed E-state index contributed by atoms with van der Waals surface area (Å²) in [6.45, 7) is 3.45. The van der Waals surface area contributed by atoms with Crippen molar-refractivity contribution in [1.29, 1.82) is 0 Å². The van der Waals surface area contributed by atoms with E-state index in [2.05, 4.69) is 20.6 Å². The van der Waals surface area contributed by atoms with Gasteiger partial charge in [0.25, 0.3) is 5.56 Å². The lowest BCUT2D eigenvalue weighted by Gasteiger charge is -2.37. The van der Waals surface area contributed by atoms with Crippen LogP contribution in [0.2, 0.25) is 0 Å². The maximum absolute atomic E-state index is 13.5. The molecule has 1 aliphatic rings. The average molecular weight is 807 g/mol. The van der Waals surface area contributed by atoms with E-state index in [0.29, 0.717) is 17.2 Å². The highest BCUT2D eigenvalue weighted by Gasteiger charge is 2.43. The Morgan fingerprint density at radius 3 is 1.97 bits per heavy atom. The van der Waals surface area contributed by atoms with Crippen molar-refractivity contribution in [2.75, 3.05) is 31.5 Å². The molecule has 3 heterocycles. The van der Waals surface area contributed by atoms with Gasteiger partial charge >= 0.3 is 0 Å². The SMILES string of the molecule is COc1ccc(C(OC[C@H]2O[C@@H](n3c(Nc4ccc(-c5ccccc5)cc4)nc4c(=O)[nH]c(NC(=O)C(C)C)nc43)C[C@@H]2O)(c2ccccc2)c2ccc(OC)cc2)cc1. The maximum atomic E-state index is 13.5. The topological polar surface area (TPSA) is 162 Å². The number of carbonyl (C=O) groups excluding carboxylic acids is 1. The first-order valence-corrected chi connectivity index (χ1v) is 19.7. The Balaban J connectivity index is 1.16. The van der Waals surface area contributed by atoms with Crippen LogP contribution in [0.3, 0.4) is 0 Å². The summed E-state index contributed by atoms with van der Waals surface area (Å²) in [7, 11) is 3.24. The van der Waals surface area contributed by atoms with Crippen LogP contribution >= 0.6 is 0 Å². The molecular formula is C47H46N6O7. The molecule has 13 nitrogen and oxygen atoms in total. The molecule has 306 valence electrons. The smallest absolute Gasteiger partial charge is 0.280 e. The molecule has 1 aliphatic heterocycles. The highest BCUT2D eigenvalue weighted by atomic mass is 16.6. The number of aliphatic hydroxyl groups excluding tert-OH is 1. The number of benzene rings is 5. The predicted octanol–water partition coefficient (Wildman–Crippen LogP) is 7.80. The van der Waals surface area contributed by atoms with Gasteiger partial charge in [-0.15, -0.1) is 0 Å². The number of methoxy groups -OCH3 is 2. The molecular weight excluding hydrogens is 761 g/mol. The van der Waals surface area contributed by atoms with Gasteiger partial charge in [0.05, 0.1) is 26.9 Å². The summed E-state index contributed by atoms with van der Waals surface area (Å²) in [5.41, 5.74) is 3.79. The number of imidazole rings is 1. The van der Waals surface area contributed by atoms with Gasteiger partial charge in [0.1, 0.15) is 29.4 Å². The quantitative estimate of drug-likeness (QED) is 0.0799. The third-order valence-corrected chi connectivity index (χ3v) is 10.7. The Kier molecular flexibility index (Phi) is 11.5. The number of aromatic nitrogens is 4. The Labute approximate surface area is 347 Å². The van der Waals surface area contributed by atoms with Gasteiger partial charge in [0.2, 0.25) is 17.8 Å². The van der Waals surface area contributed by atoms with Crippen molar-refractivity contribution in [3.63, 3.8) is 0 Å². The fraction of sp³-hybridized carbons (Fsp3) is 0.234. The molecule has 5 aromatic carbocycles. The fourth-order valence-corrected chi connectivity index (χ4v) is 7.48. The average Bonchev–Trinajstić information content (AvgIpc) is 3.84. The number of carbonyl (C=O) groups is 1. The second-order valence-electron chi connectivity index (χ2n) is 14.9. The summed E-state index contributed by atoms with van der Waals surface area (Å²) in [5, 5.41) is 17.8. The molecule has 0 spiro atoms. The summed E-state index contributed by atoms with van der Waals surface area (Å²) in [4.78, 5) is 38.2. The van der Waals surface area contributed by atoms with E-state index in [1.807, 2.05) is 133 Å². The van der Waals surface area contributed by atoms with Crippen LogP contribution in [0, 0.1) is 5.92 Å². The Morgan fingerprint density at radius 2 is 1.38 bits per heavy atom. The molecule has 13 heteroatoms. The van der Waals surface area contributed by atoms with Gasteiger partial charge in [-0.3, -0.25) is 24.5 Å². The molecule has 3 atom stereocenters. The zero-order valence-electron chi connectivity index (χ0n) is 33.7. The lowest BCUT2D eigenvalue weighted by Crippen LogP contribution is -2.38. The molecule has 4 N–H and O–H groups in total. The van der Waals surface area contributed by atoms with Crippen LogP contribution in [-0.2, 0) is 19.9 Å². The van der Waals surface area contributed by atoms with Crippen LogP contribution in [-0.4, -0.2) is 63.6 Å². The minimum atomic E-state index is -1.15. The number of nitrogens with zero attached hydrogens (tertiary/aromatic N) is 3. The van der Waals surface area contributed by atoms with E-state index < -0.39 is 29.6 Å². The maximum Gasteiger partial charge on any atom is 0.280 e. The predicted molar refractivity (Wildman–Crippen MR) is 230 cm³/mol. The monoisotopic (exact) mass is 806 g/mol. The number of aliphatic hydroxyl groups is 1. The molecule has 0 saturated carbocycles. The molecule has 0 unspecified atom stereocenters. The number of H-pyrrole nitrogens is 1. The van der Waals surface area contributed by atoms with E-state index in [-0.39, 0.29) is 47.9 Å². The first-order valence-electron chi connectivity index (χ1n) is 19.7. The van der Waals surface area contributed by atoms with E-state index in [0.717, 1.165) is 27.8 Å². The molecule has 0 bridgehead atoms. The molecule has 1 saturated heterocycles. The lowest BCUT2D eigenvalue weighted by molar-refractivity contribution is -0.118. The van der Waals surface area contributed by atoms with E-state index >= 15 is 0 Å². The summed E-state index contributed by atoms with van der Waals surface area (Å²) in [5.74, 6) is 0.932. The molecule has 1 amide bonds. The standard InChI is InChI=1S/C47H46N6O7/c1-29(2)43(55)51-45-50-42-41(44(56)52-45)49-46(48-35-21-15-31(16-22-35)30-11-7-5-8-12-30)53(42)40-27-38(54)39(60-40)28-59-47(32-13-9-6-10-14-32,33-17-23-36(57-3)24-18-33)34-19-25-37(58-4)26-20-34/h5-26,29,38-40,54H,27-28H2,1-4H3,(H,48,49)(H2,50,51,52,55,56)/t38-,39+,40+/m0/s1. The van der Waals surface area contributed by atoms with Crippen molar-refractivity contribution in [2.45, 2.75) is 44.3 Å². The summed E-state index contributed by atoms with van der Waals surface area (Å²) < 4.78 is 26.4. The third kappa shape index (κ3) is 7.97.